The van der Waals surface area contributed by atoms with Crippen LogP contribution in [-0.4, -0.2) is 23.8 Å². The van der Waals surface area contributed by atoms with Crippen LogP contribution in [0.4, 0.5) is 0 Å². The molecule has 0 aliphatic carbocycles. The molecular formula is C18H18O4. The van der Waals surface area contributed by atoms with Gasteiger partial charge in [-0.3, -0.25) is 0 Å². The average molecular weight is 298 g/mol. The molecule has 3 rings (SSSR count). The first-order valence-corrected chi connectivity index (χ1v) is 7.33. The summed E-state index contributed by atoms with van der Waals surface area (Å²) in [5, 5.41) is 8.87. The highest BCUT2D eigenvalue weighted by Gasteiger charge is 2.15. The van der Waals surface area contributed by atoms with Crippen molar-refractivity contribution >= 4 is 5.97 Å². The van der Waals surface area contributed by atoms with Crippen LogP contribution >= 0.6 is 0 Å². The van der Waals surface area contributed by atoms with E-state index in [0.29, 0.717) is 12.4 Å². The molecule has 1 aliphatic rings. The van der Waals surface area contributed by atoms with Gasteiger partial charge in [-0.1, -0.05) is 30.3 Å². The van der Waals surface area contributed by atoms with E-state index < -0.39 is 12.1 Å². The van der Waals surface area contributed by atoms with Gasteiger partial charge in [-0.25, -0.2) is 4.79 Å². The molecule has 0 bridgehead atoms. The van der Waals surface area contributed by atoms with Gasteiger partial charge in [0.15, 0.2) is 6.10 Å². The Labute approximate surface area is 129 Å². The molecule has 1 unspecified atom stereocenters. The maximum absolute atomic E-state index is 10.8. The van der Waals surface area contributed by atoms with Crippen molar-refractivity contribution < 1.29 is 19.4 Å². The number of carboxylic acid groups (broad SMARTS) is 1. The molecule has 0 amide bonds. The molecule has 0 saturated carbocycles. The van der Waals surface area contributed by atoms with Crippen LogP contribution in [0.25, 0.3) is 11.1 Å². The Morgan fingerprint density at radius 2 is 2.00 bits per heavy atom. The number of benzene rings is 2. The zero-order valence-corrected chi connectivity index (χ0v) is 12.4. The predicted octanol–water partition coefficient (Wildman–Crippen LogP) is 3.28. The van der Waals surface area contributed by atoms with Crippen LogP contribution < -0.4 is 4.74 Å². The molecule has 2 aromatic rings. The highest BCUT2D eigenvalue weighted by molar-refractivity contribution is 5.72. The fourth-order valence-corrected chi connectivity index (χ4v) is 2.66. The van der Waals surface area contributed by atoms with Gasteiger partial charge >= 0.3 is 5.97 Å². The number of aliphatic carboxylic acids is 1. The highest BCUT2D eigenvalue weighted by atomic mass is 16.5. The molecule has 0 aromatic heterocycles. The lowest BCUT2D eigenvalue weighted by Crippen LogP contribution is -2.22. The van der Waals surface area contributed by atoms with Gasteiger partial charge in [-0.2, -0.15) is 0 Å². The second-order valence-corrected chi connectivity index (χ2v) is 5.37. The lowest BCUT2D eigenvalue weighted by atomic mass is 9.93. The average Bonchev–Trinajstić information content (AvgIpc) is 2.55. The molecule has 1 atom stereocenters. The summed E-state index contributed by atoms with van der Waals surface area (Å²) in [6, 6.07) is 13.8. The largest absolute Gasteiger partial charge is 0.479 e. The summed E-state index contributed by atoms with van der Waals surface area (Å²) in [5.74, 6) is -0.409. The molecule has 114 valence electrons. The number of carbonyl (C=O) groups is 1. The number of hydrogen-bond acceptors (Lipinski definition) is 3. The molecule has 1 N–H and O–H groups in total. The molecular weight excluding hydrogens is 280 g/mol. The van der Waals surface area contributed by atoms with E-state index in [2.05, 4.69) is 12.1 Å². The van der Waals surface area contributed by atoms with E-state index in [4.69, 9.17) is 14.6 Å². The first kappa shape index (κ1) is 14.6. The molecule has 0 saturated heterocycles. The van der Waals surface area contributed by atoms with Gasteiger partial charge in [-0.05, 0) is 47.7 Å². The maximum Gasteiger partial charge on any atom is 0.344 e. The third-order valence-electron chi connectivity index (χ3n) is 3.85. The van der Waals surface area contributed by atoms with Crippen molar-refractivity contribution in [2.24, 2.45) is 0 Å². The van der Waals surface area contributed by atoms with Crippen LogP contribution in [0, 0.1) is 0 Å². The number of rotatable bonds is 4. The summed E-state index contributed by atoms with van der Waals surface area (Å²) in [6.45, 7) is 2.94. The molecule has 1 heterocycles. The lowest BCUT2D eigenvalue weighted by molar-refractivity contribution is -0.144. The van der Waals surface area contributed by atoms with Gasteiger partial charge in [0.1, 0.15) is 5.75 Å². The fraction of sp³-hybridized carbons (Fsp3) is 0.278. The standard InChI is InChI=1S/C18H18O4/c1-12(18(19)20)22-15-7-5-13(6-8-15)16-4-2-3-14-11-21-10-9-17(14)16/h2-8,12H,9-11H2,1H3,(H,19,20). The van der Waals surface area contributed by atoms with Crippen LogP contribution in [0.15, 0.2) is 42.5 Å². The van der Waals surface area contributed by atoms with Crippen LogP contribution in [-0.2, 0) is 22.6 Å². The fourth-order valence-electron chi connectivity index (χ4n) is 2.66. The third kappa shape index (κ3) is 2.97. The van der Waals surface area contributed by atoms with E-state index >= 15 is 0 Å². The normalized spacial score (nSPS) is 15.0. The molecule has 2 aromatic carbocycles. The Balaban J connectivity index is 1.86. The number of carboxylic acids is 1. The molecule has 0 radical (unpaired) electrons. The number of hydrogen-bond donors (Lipinski definition) is 1. The number of ether oxygens (including phenoxy) is 2. The van der Waals surface area contributed by atoms with Gasteiger partial charge < -0.3 is 14.6 Å². The van der Waals surface area contributed by atoms with Crippen LogP contribution in [0.3, 0.4) is 0 Å². The first-order valence-electron chi connectivity index (χ1n) is 7.33. The second-order valence-electron chi connectivity index (χ2n) is 5.37. The van der Waals surface area contributed by atoms with Crippen molar-refractivity contribution in [1.82, 2.24) is 0 Å². The van der Waals surface area contributed by atoms with Crippen LogP contribution in [0.1, 0.15) is 18.1 Å². The Hall–Kier alpha value is -2.33. The van der Waals surface area contributed by atoms with Crippen molar-refractivity contribution in [3.8, 4) is 16.9 Å². The molecule has 0 spiro atoms. The Kier molecular flexibility index (Phi) is 4.11. The summed E-state index contributed by atoms with van der Waals surface area (Å²) in [7, 11) is 0. The van der Waals surface area contributed by atoms with Crippen molar-refractivity contribution in [2.75, 3.05) is 6.61 Å². The Morgan fingerprint density at radius 1 is 1.23 bits per heavy atom. The van der Waals surface area contributed by atoms with E-state index in [9.17, 15) is 4.79 Å². The van der Waals surface area contributed by atoms with Gasteiger partial charge in [0.25, 0.3) is 0 Å². The second kappa shape index (κ2) is 6.20. The first-order chi connectivity index (χ1) is 10.6. The summed E-state index contributed by atoms with van der Waals surface area (Å²) in [6.07, 6.45) is 0.0623. The van der Waals surface area contributed by atoms with Gasteiger partial charge in [0, 0.05) is 0 Å². The van der Waals surface area contributed by atoms with Crippen molar-refractivity contribution in [1.29, 1.82) is 0 Å². The molecule has 0 fully saturated rings. The zero-order chi connectivity index (χ0) is 15.5. The summed E-state index contributed by atoms with van der Waals surface area (Å²) >= 11 is 0. The highest BCUT2D eigenvalue weighted by Crippen LogP contribution is 2.30. The van der Waals surface area contributed by atoms with Crippen molar-refractivity contribution in [3.05, 3.63) is 53.6 Å². The molecule has 1 aliphatic heterocycles. The van der Waals surface area contributed by atoms with E-state index in [-0.39, 0.29) is 0 Å². The zero-order valence-electron chi connectivity index (χ0n) is 12.4. The van der Waals surface area contributed by atoms with E-state index in [1.807, 2.05) is 30.3 Å². The Morgan fingerprint density at radius 3 is 2.73 bits per heavy atom. The smallest absolute Gasteiger partial charge is 0.344 e. The molecule has 4 nitrogen and oxygen atoms in total. The Bertz CT molecular complexity index is 676. The SMILES string of the molecule is CC(Oc1ccc(-c2cccc3c2CCOC3)cc1)C(=O)O. The van der Waals surface area contributed by atoms with Crippen LogP contribution in [0.2, 0.25) is 0 Å². The van der Waals surface area contributed by atoms with Gasteiger partial charge in [0.05, 0.1) is 13.2 Å². The van der Waals surface area contributed by atoms with E-state index in [1.165, 1.54) is 23.6 Å². The van der Waals surface area contributed by atoms with Crippen molar-refractivity contribution in [3.63, 3.8) is 0 Å². The van der Waals surface area contributed by atoms with Gasteiger partial charge in [0.2, 0.25) is 0 Å². The predicted molar refractivity (Wildman–Crippen MR) is 83.0 cm³/mol. The monoisotopic (exact) mass is 298 g/mol. The van der Waals surface area contributed by atoms with E-state index in [0.717, 1.165) is 18.6 Å². The third-order valence-corrected chi connectivity index (χ3v) is 3.85. The number of fused-ring (bicyclic) bond motifs is 1. The molecule has 22 heavy (non-hydrogen) atoms. The quantitative estimate of drug-likeness (QED) is 0.941. The maximum atomic E-state index is 10.8. The van der Waals surface area contributed by atoms with E-state index in [1.54, 1.807) is 0 Å². The summed E-state index contributed by atoms with van der Waals surface area (Å²) in [5.41, 5.74) is 4.89. The molecule has 4 heteroatoms. The lowest BCUT2D eigenvalue weighted by Gasteiger charge is -2.20. The van der Waals surface area contributed by atoms with Gasteiger partial charge in [-0.15, -0.1) is 0 Å². The minimum absolute atomic E-state index is 0.562. The van der Waals surface area contributed by atoms with Crippen molar-refractivity contribution in [2.45, 2.75) is 26.1 Å². The topological polar surface area (TPSA) is 55.8 Å². The van der Waals surface area contributed by atoms with Crippen LogP contribution in [0.5, 0.6) is 5.75 Å². The summed E-state index contributed by atoms with van der Waals surface area (Å²) in [4.78, 5) is 10.8. The summed E-state index contributed by atoms with van der Waals surface area (Å²) < 4.78 is 10.9. The minimum Gasteiger partial charge on any atom is -0.479 e. The minimum atomic E-state index is -0.971.